The summed E-state index contributed by atoms with van der Waals surface area (Å²) < 4.78 is 25.8. The SMILES string of the molecule is O=C(O)C1(S(=O)(=O)NC2CCc3ccc(Cl)nc32)CCC1. The van der Waals surface area contributed by atoms with Gasteiger partial charge in [-0.2, -0.15) is 0 Å². The molecule has 1 aromatic heterocycles. The van der Waals surface area contributed by atoms with Gasteiger partial charge in [-0.05, 0) is 43.7 Å². The maximum atomic E-state index is 12.5. The van der Waals surface area contributed by atoms with Gasteiger partial charge in [0.15, 0.2) is 4.75 Å². The Hall–Kier alpha value is -1.18. The summed E-state index contributed by atoms with van der Waals surface area (Å²) in [7, 11) is -3.96. The second-order valence-electron chi connectivity index (χ2n) is 5.54. The van der Waals surface area contributed by atoms with Crippen molar-refractivity contribution in [2.24, 2.45) is 0 Å². The third-order valence-electron chi connectivity index (χ3n) is 4.37. The van der Waals surface area contributed by atoms with Gasteiger partial charge in [0, 0.05) is 0 Å². The largest absolute Gasteiger partial charge is 0.480 e. The van der Waals surface area contributed by atoms with E-state index in [9.17, 15) is 18.3 Å². The molecule has 0 saturated heterocycles. The summed E-state index contributed by atoms with van der Waals surface area (Å²) in [6.07, 6.45) is 2.18. The van der Waals surface area contributed by atoms with Crippen LogP contribution in [0.15, 0.2) is 12.1 Å². The number of nitrogens with one attached hydrogen (secondary N) is 1. The van der Waals surface area contributed by atoms with Crippen molar-refractivity contribution >= 4 is 27.6 Å². The first kappa shape index (κ1) is 14.7. The summed E-state index contributed by atoms with van der Waals surface area (Å²) in [4.78, 5) is 15.5. The first-order valence-electron chi connectivity index (χ1n) is 6.76. The predicted octanol–water partition coefficient (Wildman–Crippen LogP) is 1.65. The molecule has 1 fully saturated rings. The number of nitrogens with zero attached hydrogens (tertiary/aromatic N) is 1. The van der Waals surface area contributed by atoms with Crippen molar-refractivity contribution in [2.75, 3.05) is 0 Å². The Bertz CT molecular complexity index is 700. The van der Waals surface area contributed by atoms with Gasteiger partial charge in [-0.1, -0.05) is 17.7 Å². The first-order valence-corrected chi connectivity index (χ1v) is 8.62. The zero-order chi connectivity index (χ0) is 15.3. The minimum atomic E-state index is -3.96. The number of hydrogen-bond acceptors (Lipinski definition) is 4. The fourth-order valence-electron chi connectivity index (χ4n) is 2.94. The van der Waals surface area contributed by atoms with Gasteiger partial charge >= 0.3 is 5.97 Å². The summed E-state index contributed by atoms with van der Waals surface area (Å²) in [5.74, 6) is -1.28. The van der Waals surface area contributed by atoms with Crippen LogP contribution < -0.4 is 4.72 Å². The lowest BCUT2D eigenvalue weighted by atomic mass is 9.84. The number of aromatic nitrogens is 1. The third-order valence-corrected chi connectivity index (χ3v) is 6.79. The van der Waals surface area contributed by atoms with Crippen LogP contribution in [0.5, 0.6) is 0 Å². The molecular weight excluding hydrogens is 316 g/mol. The molecule has 3 rings (SSSR count). The normalized spacial score (nSPS) is 23.4. The highest BCUT2D eigenvalue weighted by atomic mass is 35.5. The van der Waals surface area contributed by atoms with E-state index in [1.807, 2.05) is 6.07 Å². The molecule has 2 N–H and O–H groups in total. The zero-order valence-corrected chi connectivity index (χ0v) is 12.7. The summed E-state index contributed by atoms with van der Waals surface area (Å²) in [5.41, 5.74) is 1.55. The molecule has 1 heterocycles. The number of fused-ring (bicyclic) bond motifs is 1. The molecule has 0 amide bonds. The maximum absolute atomic E-state index is 12.5. The number of carboxylic acids is 1. The summed E-state index contributed by atoms with van der Waals surface area (Å²) in [5, 5.41) is 9.58. The van der Waals surface area contributed by atoms with Crippen LogP contribution in [-0.2, 0) is 21.2 Å². The lowest BCUT2D eigenvalue weighted by Gasteiger charge is -2.37. The van der Waals surface area contributed by atoms with Crippen LogP contribution >= 0.6 is 11.6 Å². The zero-order valence-electron chi connectivity index (χ0n) is 11.2. The molecule has 1 aromatic rings. The van der Waals surface area contributed by atoms with Crippen molar-refractivity contribution in [1.29, 1.82) is 0 Å². The van der Waals surface area contributed by atoms with Crippen molar-refractivity contribution in [3.63, 3.8) is 0 Å². The molecule has 0 radical (unpaired) electrons. The van der Waals surface area contributed by atoms with Gasteiger partial charge in [-0.25, -0.2) is 18.1 Å². The highest BCUT2D eigenvalue weighted by Crippen LogP contribution is 2.41. The van der Waals surface area contributed by atoms with Crippen LogP contribution in [0.4, 0.5) is 0 Å². The molecule has 2 aliphatic rings. The molecule has 6 nitrogen and oxygen atoms in total. The van der Waals surface area contributed by atoms with E-state index in [-0.39, 0.29) is 12.8 Å². The number of pyridine rings is 1. The van der Waals surface area contributed by atoms with Crippen LogP contribution in [0.2, 0.25) is 5.15 Å². The van der Waals surface area contributed by atoms with Gasteiger partial charge in [0.1, 0.15) is 5.15 Å². The molecule has 0 bridgehead atoms. The Morgan fingerprint density at radius 1 is 1.43 bits per heavy atom. The molecule has 2 aliphatic carbocycles. The number of halogens is 1. The van der Waals surface area contributed by atoms with Crippen molar-refractivity contribution in [2.45, 2.75) is 42.9 Å². The Labute approximate surface area is 127 Å². The predicted molar refractivity (Wildman–Crippen MR) is 76.6 cm³/mol. The highest BCUT2D eigenvalue weighted by Gasteiger charge is 2.56. The van der Waals surface area contributed by atoms with Crippen LogP contribution in [0.1, 0.15) is 43.0 Å². The van der Waals surface area contributed by atoms with Gasteiger partial charge in [-0.15, -0.1) is 0 Å². The smallest absolute Gasteiger partial charge is 0.326 e. The standard InChI is InChI=1S/C13H15ClN2O4S/c14-10-5-3-8-2-4-9(11(8)15-10)16-21(19,20)13(12(17)18)6-1-7-13/h3,5,9,16H,1-2,4,6-7H2,(H,17,18). The monoisotopic (exact) mass is 330 g/mol. The number of carbonyl (C=O) groups is 1. The van der Waals surface area contributed by atoms with E-state index in [4.69, 9.17) is 11.6 Å². The Kier molecular flexibility index (Phi) is 3.46. The van der Waals surface area contributed by atoms with Crippen LogP contribution in [0.25, 0.3) is 0 Å². The van der Waals surface area contributed by atoms with E-state index in [2.05, 4.69) is 9.71 Å². The van der Waals surface area contributed by atoms with E-state index in [1.165, 1.54) is 0 Å². The van der Waals surface area contributed by atoms with Crippen molar-refractivity contribution in [3.8, 4) is 0 Å². The Balaban J connectivity index is 1.89. The lowest BCUT2D eigenvalue weighted by molar-refractivity contribution is -0.142. The minimum absolute atomic E-state index is 0.153. The molecule has 8 heteroatoms. The average Bonchev–Trinajstić information content (AvgIpc) is 2.68. The fraction of sp³-hybridized carbons (Fsp3) is 0.538. The van der Waals surface area contributed by atoms with Crippen LogP contribution in [0.3, 0.4) is 0 Å². The Morgan fingerprint density at radius 2 is 2.14 bits per heavy atom. The number of aryl methyl sites for hydroxylation is 1. The van der Waals surface area contributed by atoms with Gasteiger partial charge in [-0.3, -0.25) is 4.79 Å². The molecular formula is C13H15ClN2O4S. The summed E-state index contributed by atoms with van der Waals surface area (Å²) in [6.45, 7) is 0. The molecule has 1 unspecified atom stereocenters. The van der Waals surface area contributed by atoms with E-state index >= 15 is 0 Å². The van der Waals surface area contributed by atoms with Crippen molar-refractivity contribution in [3.05, 3.63) is 28.5 Å². The number of sulfonamides is 1. The minimum Gasteiger partial charge on any atom is -0.480 e. The molecule has 0 aliphatic heterocycles. The van der Waals surface area contributed by atoms with Crippen molar-refractivity contribution < 1.29 is 18.3 Å². The second kappa shape index (κ2) is 4.93. The summed E-state index contributed by atoms with van der Waals surface area (Å²) >= 11 is 5.86. The first-order chi connectivity index (χ1) is 9.86. The molecule has 0 spiro atoms. The number of hydrogen-bond donors (Lipinski definition) is 2. The Morgan fingerprint density at radius 3 is 2.71 bits per heavy atom. The topological polar surface area (TPSA) is 96.4 Å². The van der Waals surface area contributed by atoms with E-state index in [1.54, 1.807) is 6.07 Å². The number of carboxylic acid groups (broad SMARTS) is 1. The van der Waals surface area contributed by atoms with Gasteiger partial charge < -0.3 is 5.11 Å². The lowest BCUT2D eigenvalue weighted by Crippen LogP contribution is -2.57. The van der Waals surface area contributed by atoms with Crippen molar-refractivity contribution in [1.82, 2.24) is 9.71 Å². The molecule has 114 valence electrons. The van der Waals surface area contributed by atoms with E-state index in [0.29, 0.717) is 30.1 Å². The van der Waals surface area contributed by atoms with Gasteiger partial charge in [0.2, 0.25) is 10.0 Å². The third kappa shape index (κ3) is 2.23. The summed E-state index contributed by atoms with van der Waals surface area (Å²) in [6, 6.07) is 3.00. The van der Waals surface area contributed by atoms with E-state index < -0.39 is 26.8 Å². The molecule has 21 heavy (non-hydrogen) atoms. The highest BCUT2D eigenvalue weighted by molar-refractivity contribution is 7.91. The van der Waals surface area contributed by atoms with Crippen LogP contribution in [0, 0.1) is 0 Å². The van der Waals surface area contributed by atoms with Gasteiger partial charge in [0.25, 0.3) is 0 Å². The fourth-order valence-corrected chi connectivity index (χ4v) is 4.98. The maximum Gasteiger partial charge on any atom is 0.326 e. The average molecular weight is 331 g/mol. The molecule has 1 atom stereocenters. The quantitative estimate of drug-likeness (QED) is 0.818. The van der Waals surface area contributed by atoms with Crippen LogP contribution in [-0.4, -0.2) is 29.2 Å². The molecule has 0 aromatic carbocycles. The number of aliphatic carboxylic acids is 1. The van der Waals surface area contributed by atoms with E-state index in [0.717, 1.165) is 5.56 Å². The second-order valence-corrected chi connectivity index (χ2v) is 7.96. The molecule has 1 saturated carbocycles. The van der Waals surface area contributed by atoms with Gasteiger partial charge in [0.05, 0.1) is 11.7 Å². The number of rotatable bonds is 4.